The molecule has 0 spiro atoms. The first-order valence-electron chi connectivity index (χ1n) is 6.68. The summed E-state index contributed by atoms with van der Waals surface area (Å²) < 4.78 is 5.27. The van der Waals surface area contributed by atoms with Crippen LogP contribution in [0.3, 0.4) is 0 Å². The maximum atomic E-state index is 6.54. The molecule has 0 saturated heterocycles. The van der Waals surface area contributed by atoms with E-state index in [4.69, 9.17) is 10.3 Å². The Kier molecular flexibility index (Phi) is 3.52. The van der Waals surface area contributed by atoms with Gasteiger partial charge in [-0.1, -0.05) is 32.3 Å². The van der Waals surface area contributed by atoms with Crippen LogP contribution in [0.4, 0.5) is 0 Å². The zero-order valence-corrected chi connectivity index (χ0v) is 11.1. The van der Waals surface area contributed by atoms with E-state index in [0.717, 1.165) is 31.6 Å². The number of nitrogens with two attached hydrogens (primary N) is 1. The fourth-order valence-electron chi connectivity index (χ4n) is 2.74. The summed E-state index contributed by atoms with van der Waals surface area (Å²) in [5, 5.41) is 4.10. The lowest BCUT2D eigenvalue weighted by molar-refractivity contribution is 0.149. The molecule has 0 aromatic carbocycles. The van der Waals surface area contributed by atoms with E-state index in [2.05, 4.69) is 30.9 Å². The molecule has 96 valence electrons. The van der Waals surface area contributed by atoms with E-state index in [1.54, 1.807) is 0 Å². The predicted molar refractivity (Wildman–Crippen MR) is 66.3 cm³/mol. The molecule has 0 amide bonds. The van der Waals surface area contributed by atoms with Crippen molar-refractivity contribution < 1.29 is 4.52 Å². The number of rotatable bonds is 3. The van der Waals surface area contributed by atoms with Crippen molar-refractivity contribution in [3.8, 4) is 0 Å². The summed E-state index contributed by atoms with van der Waals surface area (Å²) in [7, 11) is 0. The van der Waals surface area contributed by atoms with E-state index >= 15 is 0 Å². The van der Waals surface area contributed by atoms with E-state index in [0.29, 0.717) is 17.7 Å². The first-order chi connectivity index (χ1) is 8.06. The summed E-state index contributed by atoms with van der Waals surface area (Å²) in [4.78, 5) is 4.48. The molecule has 0 bridgehead atoms. The average molecular weight is 237 g/mol. The van der Waals surface area contributed by atoms with Crippen LogP contribution in [0, 0.1) is 11.8 Å². The van der Waals surface area contributed by atoms with Gasteiger partial charge in [0.1, 0.15) is 0 Å². The van der Waals surface area contributed by atoms with Gasteiger partial charge >= 0.3 is 0 Å². The van der Waals surface area contributed by atoms with Gasteiger partial charge in [0.25, 0.3) is 0 Å². The van der Waals surface area contributed by atoms with Crippen LogP contribution in [0.1, 0.15) is 58.2 Å². The van der Waals surface area contributed by atoms with Crippen molar-refractivity contribution in [3.05, 3.63) is 11.7 Å². The van der Waals surface area contributed by atoms with Gasteiger partial charge in [0.15, 0.2) is 5.82 Å². The molecule has 0 radical (unpaired) electrons. The third kappa shape index (κ3) is 2.37. The highest BCUT2D eigenvalue weighted by molar-refractivity contribution is 5.08. The summed E-state index contributed by atoms with van der Waals surface area (Å²) in [5.41, 5.74) is 6.14. The van der Waals surface area contributed by atoms with Gasteiger partial charge in [0, 0.05) is 6.42 Å². The third-order valence-electron chi connectivity index (χ3n) is 4.01. The highest BCUT2D eigenvalue weighted by Crippen LogP contribution is 2.40. The van der Waals surface area contributed by atoms with Crippen LogP contribution in [-0.4, -0.2) is 10.1 Å². The van der Waals surface area contributed by atoms with Crippen molar-refractivity contribution in [2.24, 2.45) is 17.6 Å². The quantitative estimate of drug-likeness (QED) is 0.877. The van der Waals surface area contributed by atoms with E-state index in [-0.39, 0.29) is 0 Å². The van der Waals surface area contributed by atoms with E-state index in [1.165, 1.54) is 6.42 Å². The molecular formula is C13H23N3O. The smallest absolute Gasteiger partial charge is 0.226 e. The van der Waals surface area contributed by atoms with Gasteiger partial charge in [-0.15, -0.1) is 0 Å². The molecule has 1 aliphatic carbocycles. The fourth-order valence-corrected chi connectivity index (χ4v) is 2.74. The first kappa shape index (κ1) is 12.6. The van der Waals surface area contributed by atoms with Crippen LogP contribution in [0.2, 0.25) is 0 Å². The minimum atomic E-state index is -0.396. The van der Waals surface area contributed by atoms with E-state index in [1.807, 2.05) is 0 Å². The predicted octanol–water partition coefficient (Wildman–Crippen LogP) is 2.63. The molecule has 2 N–H and O–H groups in total. The molecule has 1 aliphatic rings. The number of aryl methyl sites for hydroxylation is 1. The third-order valence-corrected chi connectivity index (χ3v) is 4.01. The van der Waals surface area contributed by atoms with Crippen molar-refractivity contribution in [2.45, 2.75) is 58.4 Å². The number of nitrogens with zero attached hydrogens (tertiary/aromatic N) is 2. The molecule has 1 heterocycles. The van der Waals surface area contributed by atoms with Gasteiger partial charge in [-0.25, -0.2) is 0 Å². The van der Waals surface area contributed by atoms with Crippen molar-refractivity contribution in [2.75, 3.05) is 0 Å². The summed E-state index contributed by atoms with van der Waals surface area (Å²) in [6.45, 7) is 6.55. The van der Waals surface area contributed by atoms with Gasteiger partial charge in [0.2, 0.25) is 5.89 Å². The second-order valence-corrected chi connectivity index (χ2v) is 5.59. The average Bonchev–Trinajstić information content (AvgIpc) is 2.74. The molecule has 1 saturated carbocycles. The standard InChI is InChI=1S/C13H23N3O/c1-4-5-11-15-12(16-17-11)13(14)8-9(2)6-7-10(13)3/h9-10H,4-8,14H2,1-3H3. The summed E-state index contributed by atoms with van der Waals surface area (Å²) in [5.74, 6) is 2.49. The summed E-state index contributed by atoms with van der Waals surface area (Å²) in [6, 6.07) is 0. The van der Waals surface area contributed by atoms with Crippen molar-refractivity contribution in [3.63, 3.8) is 0 Å². The van der Waals surface area contributed by atoms with Crippen molar-refractivity contribution in [1.29, 1.82) is 0 Å². The van der Waals surface area contributed by atoms with Crippen molar-refractivity contribution >= 4 is 0 Å². The number of hydrogen-bond acceptors (Lipinski definition) is 4. The molecule has 4 nitrogen and oxygen atoms in total. The normalized spacial score (nSPS) is 33.9. The molecule has 1 fully saturated rings. The van der Waals surface area contributed by atoms with Crippen LogP contribution < -0.4 is 5.73 Å². The van der Waals surface area contributed by atoms with E-state index < -0.39 is 5.54 Å². The monoisotopic (exact) mass is 237 g/mol. The second-order valence-electron chi connectivity index (χ2n) is 5.59. The van der Waals surface area contributed by atoms with Gasteiger partial charge in [-0.3, -0.25) is 0 Å². The first-order valence-corrected chi connectivity index (χ1v) is 6.68. The van der Waals surface area contributed by atoms with Gasteiger partial charge in [-0.2, -0.15) is 4.98 Å². The summed E-state index contributed by atoms with van der Waals surface area (Å²) in [6.07, 6.45) is 5.21. The fraction of sp³-hybridized carbons (Fsp3) is 0.846. The van der Waals surface area contributed by atoms with Crippen LogP contribution in [-0.2, 0) is 12.0 Å². The highest BCUT2D eigenvalue weighted by Gasteiger charge is 2.42. The van der Waals surface area contributed by atoms with Gasteiger partial charge in [-0.05, 0) is 31.1 Å². The summed E-state index contributed by atoms with van der Waals surface area (Å²) >= 11 is 0. The molecule has 0 aliphatic heterocycles. The molecule has 2 rings (SSSR count). The highest BCUT2D eigenvalue weighted by atomic mass is 16.5. The lowest BCUT2D eigenvalue weighted by Crippen LogP contribution is -2.48. The molecule has 3 atom stereocenters. The van der Waals surface area contributed by atoms with E-state index in [9.17, 15) is 0 Å². The van der Waals surface area contributed by atoms with Crippen LogP contribution >= 0.6 is 0 Å². The second kappa shape index (κ2) is 4.77. The zero-order valence-electron chi connectivity index (χ0n) is 11.1. The van der Waals surface area contributed by atoms with Gasteiger partial charge in [0.05, 0.1) is 5.54 Å². The Morgan fingerprint density at radius 1 is 1.41 bits per heavy atom. The Labute approximate surface area is 103 Å². The molecule has 17 heavy (non-hydrogen) atoms. The Balaban J connectivity index is 2.22. The Morgan fingerprint density at radius 3 is 2.88 bits per heavy atom. The Bertz CT molecular complexity index is 376. The maximum Gasteiger partial charge on any atom is 0.226 e. The molecular weight excluding hydrogens is 214 g/mol. The number of hydrogen-bond donors (Lipinski definition) is 1. The Hall–Kier alpha value is -0.900. The van der Waals surface area contributed by atoms with Crippen LogP contribution in [0.25, 0.3) is 0 Å². The molecule has 3 unspecified atom stereocenters. The zero-order chi connectivity index (χ0) is 12.5. The minimum absolute atomic E-state index is 0.396. The molecule has 1 aromatic rings. The van der Waals surface area contributed by atoms with Gasteiger partial charge < -0.3 is 10.3 Å². The lowest BCUT2D eigenvalue weighted by atomic mass is 9.70. The largest absolute Gasteiger partial charge is 0.339 e. The van der Waals surface area contributed by atoms with Crippen LogP contribution in [0.5, 0.6) is 0 Å². The van der Waals surface area contributed by atoms with Crippen LogP contribution in [0.15, 0.2) is 4.52 Å². The Morgan fingerprint density at radius 2 is 2.18 bits per heavy atom. The van der Waals surface area contributed by atoms with Crippen molar-refractivity contribution in [1.82, 2.24) is 10.1 Å². The maximum absolute atomic E-state index is 6.54. The molecule has 1 aromatic heterocycles. The minimum Gasteiger partial charge on any atom is -0.339 e. The topological polar surface area (TPSA) is 64.9 Å². The molecule has 4 heteroatoms. The SMILES string of the molecule is CCCc1nc(C2(N)CC(C)CCC2C)no1. The lowest BCUT2D eigenvalue weighted by Gasteiger charge is -2.39. The number of aromatic nitrogens is 2.